The molecule has 7 atom stereocenters. The average Bonchev–Trinajstić information content (AvgIpc) is 3.04. The van der Waals surface area contributed by atoms with Crippen LogP contribution in [0.15, 0.2) is 28.2 Å². The fourth-order valence-corrected chi connectivity index (χ4v) is 7.33. The first-order valence-corrected chi connectivity index (χ1v) is 10.9. The number of nitrogens with zero attached hydrogens (tertiary/aromatic N) is 2. The quantitative estimate of drug-likeness (QED) is 0.789. The summed E-state index contributed by atoms with van der Waals surface area (Å²) in [5.41, 5.74) is 3.54. The molecule has 28 heavy (non-hydrogen) atoms. The maximum Gasteiger partial charge on any atom is 0.335 e. The summed E-state index contributed by atoms with van der Waals surface area (Å²) >= 11 is 0. The molecule has 2 unspecified atom stereocenters. The Balaban J connectivity index is 1.43. The van der Waals surface area contributed by atoms with Gasteiger partial charge >= 0.3 is 5.97 Å². The van der Waals surface area contributed by atoms with Crippen LogP contribution in [-0.2, 0) is 6.42 Å². The zero-order chi connectivity index (χ0) is 19.5. The van der Waals surface area contributed by atoms with Crippen molar-refractivity contribution < 1.29 is 9.90 Å². The van der Waals surface area contributed by atoms with Gasteiger partial charge in [0.05, 0.1) is 11.6 Å². The first-order valence-electron chi connectivity index (χ1n) is 10.9. The first kappa shape index (κ1) is 18.1. The first-order chi connectivity index (χ1) is 13.5. The van der Waals surface area contributed by atoms with E-state index in [1.165, 1.54) is 43.2 Å². The molecule has 0 saturated heterocycles. The largest absolute Gasteiger partial charge is 0.478 e. The number of hydrogen-bond acceptors (Lipinski definition) is 3. The third-order valence-corrected chi connectivity index (χ3v) is 8.70. The average molecular weight is 379 g/mol. The van der Waals surface area contributed by atoms with Crippen molar-refractivity contribution >= 4 is 18.5 Å². The van der Waals surface area contributed by atoms with Gasteiger partial charge < -0.3 is 5.11 Å². The van der Waals surface area contributed by atoms with Gasteiger partial charge in [0, 0.05) is 12.1 Å². The van der Waals surface area contributed by atoms with E-state index < -0.39 is 5.97 Å². The van der Waals surface area contributed by atoms with Crippen LogP contribution in [0, 0.1) is 29.1 Å². The number of aromatic carboxylic acids is 1. The SMILES string of the molecule is CC1N=CN=CC1[C@H]1CC[C@H]2[C@@H]3CCc4cc(C(=O)O)ccc4[C@H]3CC[C@]12C. The molecule has 5 rings (SSSR count). The summed E-state index contributed by atoms with van der Waals surface area (Å²) in [6.45, 7) is 4.79. The third-order valence-electron chi connectivity index (χ3n) is 8.70. The lowest BCUT2D eigenvalue weighted by Crippen LogP contribution is -2.45. The molecule has 4 heteroatoms. The van der Waals surface area contributed by atoms with Crippen LogP contribution in [0.4, 0.5) is 0 Å². The van der Waals surface area contributed by atoms with Crippen molar-refractivity contribution in [3.05, 3.63) is 34.9 Å². The lowest BCUT2D eigenvalue weighted by atomic mass is 9.53. The Morgan fingerprint density at radius 3 is 2.79 bits per heavy atom. The molecule has 3 aliphatic carbocycles. The molecule has 0 amide bonds. The van der Waals surface area contributed by atoms with E-state index in [4.69, 9.17) is 0 Å². The van der Waals surface area contributed by atoms with Gasteiger partial charge in [0.15, 0.2) is 0 Å². The standard InChI is InChI=1S/C24H30N2O2/c1-14-20(12-25-13-26-14)22-8-7-21-19-6-3-15-11-16(23(27)28)4-5-17(15)18(19)9-10-24(21,22)2/h4-5,11-14,18-22H,3,6-10H2,1-2H3,(H,27,28)/t14?,18-,19-,20?,21+,22-,24+/m1/s1. The maximum absolute atomic E-state index is 11.4. The number of rotatable bonds is 2. The monoisotopic (exact) mass is 378 g/mol. The molecule has 1 N–H and O–H groups in total. The fourth-order valence-electron chi connectivity index (χ4n) is 7.33. The van der Waals surface area contributed by atoms with Gasteiger partial charge in [0.2, 0.25) is 0 Å². The van der Waals surface area contributed by atoms with Crippen LogP contribution in [-0.4, -0.2) is 29.7 Å². The molecular weight excluding hydrogens is 348 g/mol. The highest BCUT2D eigenvalue weighted by molar-refractivity contribution is 5.88. The predicted molar refractivity (Wildman–Crippen MR) is 111 cm³/mol. The van der Waals surface area contributed by atoms with E-state index in [-0.39, 0.29) is 0 Å². The molecule has 4 aliphatic rings. The number of carbonyl (C=O) groups is 1. The zero-order valence-corrected chi connectivity index (χ0v) is 16.8. The van der Waals surface area contributed by atoms with Crippen molar-refractivity contribution in [3.8, 4) is 0 Å². The van der Waals surface area contributed by atoms with Crippen LogP contribution in [0.1, 0.15) is 73.4 Å². The molecule has 2 fully saturated rings. The zero-order valence-electron chi connectivity index (χ0n) is 16.8. The summed E-state index contributed by atoms with van der Waals surface area (Å²) < 4.78 is 0. The second kappa shape index (κ2) is 6.53. The lowest BCUT2D eigenvalue weighted by Gasteiger charge is -2.52. The maximum atomic E-state index is 11.4. The van der Waals surface area contributed by atoms with Gasteiger partial charge in [0.25, 0.3) is 0 Å². The molecular formula is C24H30N2O2. The molecule has 0 radical (unpaired) electrons. The van der Waals surface area contributed by atoms with Crippen molar-refractivity contribution in [2.75, 3.05) is 0 Å². The minimum atomic E-state index is -0.814. The summed E-state index contributed by atoms with van der Waals surface area (Å²) in [5.74, 6) is 2.47. The van der Waals surface area contributed by atoms with E-state index in [9.17, 15) is 9.90 Å². The number of fused-ring (bicyclic) bond motifs is 5. The molecule has 4 nitrogen and oxygen atoms in total. The molecule has 1 aromatic carbocycles. The molecule has 0 aromatic heterocycles. The third kappa shape index (κ3) is 2.60. The molecule has 1 heterocycles. The van der Waals surface area contributed by atoms with Crippen molar-refractivity contribution in [2.24, 2.45) is 39.1 Å². The van der Waals surface area contributed by atoms with E-state index in [1.807, 2.05) is 12.1 Å². The fraction of sp³-hybridized carbons (Fsp3) is 0.625. The van der Waals surface area contributed by atoms with Gasteiger partial charge in [-0.25, -0.2) is 9.79 Å². The minimum absolute atomic E-state index is 0.345. The van der Waals surface area contributed by atoms with Gasteiger partial charge in [-0.05, 0) is 97.8 Å². The second-order valence-electron chi connectivity index (χ2n) is 9.74. The Bertz CT molecular complexity index is 860. The number of carboxylic acid groups (broad SMARTS) is 1. The predicted octanol–water partition coefficient (Wildman–Crippen LogP) is 4.97. The number of carboxylic acids is 1. The highest BCUT2D eigenvalue weighted by atomic mass is 16.4. The van der Waals surface area contributed by atoms with E-state index in [1.54, 1.807) is 6.34 Å². The Labute approximate surface area is 167 Å². The minimum Gasteiger partial charge on any atom is -0.478 e. The summed E-state index contributed by atoms with van der Waals surface area (Å²) in [6.07, 6.45) is 11.2. The van der Waals surface area contributed by atoms with Crippen LogP contribution >= 0.6 is 0 Å². The Hall–Kier alpha value is -1.97. The van der Waals surface area contributed by atoms with E-state index in [2.05, 4.69) is 36.1 Å². The van der Waals surface area contributed by atoms with E-state index >= 15 is 0 Å². The summed E-state index contributed by atoms with van der Waals surface area (Å²) in [7, 11) is 0. The van der Waals surface area contributed by atoms with E-state index in [0.29, 0.717) is 34.8 Å². The van der Waals surface area contributed by atoms with Gasteiger partial charge in [-0.1, -0.05) is 13.0 Å². The van der Waals surface area contributed by atoms with Crippen LogP contribution in [0.5, 0.6) is 0 Å². The lowest BCUT2D eigenvalue weighted by molar-refractivity contribution is 0.0163. The normalized spacial score (nSPS) is 41.2. The highest BCUT2D eigenvalue weighted by Gasteiger charge is 2.56. The van der Waals surface area contributed by atoms with Crippen LogP contribution in [0.3, 0.4) is 0 Å². The number of hydrogen-bond donors (Lipinski definition) is 1. The molecule has 2 saturated carbocycles. The number of aryl methyl sites for hydroxylation is 1. The van der Waals surface area contributed by atoms with Crippen molar-refractivity contribution in [3.63, 3.8) is 0 Å². The molecule has 148 valence electrons. The van der Waals surface area contributed by atoms with Crippen LogP contribution in [0.2, 0.25) is 0 Å². The Kier molecular flexibility index (Phi) is 4.22. The smallest absolute Gasteiger partial charge is 0.335 e. The molecule has 0 spiro atoms. The molecule has 1 aliphatic heterocycles. The van der Waals surface area contributed by atoms with Crippen molar-refractivity contribution in [1.29, 1.82) is 0 Å². The summed E-state index contributed by atoms with van der Waals surface area (Å²) in [6, 6.07) is 6.21. The number of benzene rings is 1. The van der Waals surface area contributed by atoms with Crippen LogP contribution in [0.25, 0.3) is 0 Å². The van der Waals surface area contributed by atoms with Crippen LogP contribution < -0.4 is 0 Å². The van der Waals surface area contributed by atoms with Crippen molar-refractivity contribution in [1.82, 2.24) is 0 Å². The summed E-state index contributed by atoms with van der Waals surface area (Å²) in [4.78, 5) is 20.3. The summed E-state index contributed by atoms with van der Waals surface area (Å²) in [5, 5.41) is 9.33. The van der Waals surface area contributed by atoms with E-state index in [0.717, 1.165) is 18.3 Å². The van der Waals surface area contributed by atoms with Gasteiger partial charge in [-0.2, -0.15) is 0 Å². The van der Waals surface area contributed by atoms with Crippen molar-refractivity contribution in [2.45, 2.75) is 64.3 Å². The Morgan fingerprint density at radius 1 is 1.18 bits per heavy atom. The Morgan fingerprint density at radius 2 is 2.00 bits per heavy atom. The van der Waals surface area contributed by atoms with Gasteiger partial charge in [-0.3, -0.25) is 4.99 Å². The van der Waals surface area contributed by atoms with Gasteiger partial charge in [0.1, 0.15) is 6.34 Å². The second-order valence-corrected chi connectivity index (χ2v) is 9.74. The topological polar surface area (TPSA) is 62.0 Å². The highest BCUT2D eigenvalue weighted by Crippen LogP contribution is 2.64. The number of aliphatic imine (C=N–C) groups is 2. The molecule has 0 bridgehead atoms. The van der Waals surface area contributed by atoms with Gasteiger partial charge in [-0.15, -0.1) is 0 Å². The molecule has 1 aromatic rings.